The van der Waals surface area contributed by atoms with Gasteiger partial charge in [-0.1, -0.05) is 13.8 Å². The zero-order valence-electron chi connectivity index (χ0n) is 11.9. The predicted octanol–water partition coefficient (Wildman–Crippen LogP) is 0.741. The van der Waals surface area contributed by atoms with Crippen molar-refractivity contribution in [1.29, 1.82) is 0 Å². The van der Waals surface area contributed by atoms with E-state index in [1.807, 2.05) is 13.8 Å². The SMILES string of the molecule is CC(C)c1c(N)ncnc1NC1CCC(=O)N(C)C1=O. The van der Waals surface area contributed by atoms with E-state index < -0.39 is 6.04 Å². The molecule has 1 aromatic rings. The Bertz CT molecular complexity index is 544. The number of hydrogen-bond donors (Lipinski definition) is 2. The smallest absolute Gasteiger partial charge is 0.251 e. The summed E-state index contributed by atoms with van der Waals surface area (Å²) in [5.41, 5.74) is 6.66. The molecule has 0 bridgehead atoms. The number of likely N-dealkylation sites (N-methyl/N-ethyl adjacent to an activating group) is 1. The van der Waals surface area contributed by atoms with Gasteiger partial charge < -0.3 is 11.1 Å². The molecular weight excluding hydrogens is 258 g/mol. The first kappa shape index (κ1) is 14.2. The van der Waals surface area contributed by atoms with Crippen molar-refractivity contribution in [2.75, 3.05) is 18.1 Å². The van der Waals surface area contributed by atoms with Crippen molar-refractivity contribution in [2.45, 2.75) is 38.6 Å². The van der Waals surface area contributed by atoms with Crippen LogP contribution in [0.1, 0.15) is 38.2 Å². The molecule has 0 aliphatic carbocycles. The number of piperidine rings is 1. The number of nitrogens with two attached hydrogens (primary N) is 1. The maximum absolute atomic E-state index is 12.1. The van der Waals surface area contributed by atoms with E-state index in [-0.39, 0.29) is 17.7 Å². The van der Waals surface area contributed by atoms with Crippen LogP contribution in [-0.4, -0.2) is 39.8 Å². The lowest BCUT2D eigenvalue weighted by Crippen LogP contribution is -2.48. The summed E-state index contributed by atoms with van der Waals surface area (Å²) in [6.45, 7) is 3.97. The summed E-state index contributed by atoms with van der Waals surface area (Å²) in [6, 6.07) is -0.454. The number of carbonyl (C=O) groups excluding carboxylic acids is 2. The predicted molar refractivity (Wildman–Crippen MR) is 75.0 cm³/mol. The molecular formula is C13H19N5O2. The third-order valence-electron chi connectivity index (χ3n) is 3.45. The van der Waals surface area contributed by atoms with Crippen LogP contribution >= 0.6 is 0 Å². The van der Waals surface area contributed by atoms with Gasteiger partial charge in [0, 0.05) is 19.0 Å². The highest BCUT2D eigenvalue weighted by Crippen LogP contribution is 2.27. The molecule has 1 fully saturated rings. The normalized spacial score (nSPS) is 19.6. The summed E-state index contributed by atoms with van der Waals surface area (Å²) < 4.78 is 0. The Hall–Kier alpha value is -2.18. The van der Waals surface area contributed by atoms with E-state index in [0.717, 1.165) is 10.5 Å². The molecule has 3 N–H and O–H groups in total. The van der Waals surface area contributed by atoms with Crippen LogP contribution in [0.5, 0.6) is 0 Å². The summed E-state index contributed by atoms with van der Waals surface area (Å²) in [6.07, 6.45) is 2.17. The largest absolute Gasteiger partial charge is 0.383 e. The summed E-state index contributed by atoms with van der Waals surface area (Å²) in [4.78, 5) is 32.8. The summed E-state index contributed by atoms with van der Waals surface area (Å²) in [7, 11) is 1.50. The summed E-state index contributed by atoms with van der Waals surface area (Å²) in [5.74, 6) is 0.711. The van der Waals surface area contributed by atoms with Gasteiger partial charge in [-0.05, 0) is 12.3 Å². The Balaban J connectivity index is 2.25. The molecule has 7 nitrogen and oxygen atoms in total. The van der Waals surface area contributed by atoms with Gasteiger partial charge in [0.05, 0.1) is 0 Å². The van der Waals surface area contributed by atoms with Crippen molar-refractivity contribution >= 4 is 23.5 Å². The number of carbonyl (C=O) groups is 2. The van der Waals surface area contributed by atoms with E-state index in [4.69, 9.17) is 5.73 Å². The second kappa shape index (κ2) is 5.44. The molecule has 0 radical (unpaired) electrons. The average molecular weight is 277 g/mol. The van der Waals surface area contributed by atoms with Crippen LogP contribution in [0.4, 0.5) is 11.6 Å². The zero-order chi connectivity index (χ0) is 14.9. The molecule has 7 heteroatoms. The van der Waals surface area contributed by atoms with Crippen molar-refractivity contribution in [3.63, 3.8) is 0 Å². The maximum atomic E-state index is 12.1. The van der Waals surface area contributed by atoms with Gasteiger partial charge in [-0.2, -0.15) is 0 Å². The molecule has 1 unspecified atom stereocenters. The van der Waals surface area contributed by atoms with Gasteiger partial charge in [-0.15, -0.1) is 0 Å². The average Bonchev–Trinajstić information content (AvgIpc) is 2.39. The van der Waals surface area contributed by atoms with E-state index in [2.05, 4.69) is 15.3 Å². The number of nitrogens with zero attached hydrogens (tertiary/aromatic N) is 3. The second-order valence-corrected chi connectivity index (χ2v) is 5.20. The van der Waals surface area contributed by atoms with Gasteiger partial charge in [-0.25, -0.2) is 9.97 Å². The minimum absolute atomic E-state index is 0.136. The first-order valence-corrected chi connectivity index (χ1v) is 6.59. The number of aromatic nitrogens is 2. The van der Waals surface area contributed by atoms with Crippen molar-refractivity contribution in [3.8, 4) is 0 Å². The van der Waals surface area contributed by atoms with Crippen LogP contribution in [0.2, 0.25) is 0 Å². The molecule has 2 rings (SSSR count). The molecule has 2 amide bonds. The van der Waals surface area contributed by atoms with Gasteiger partial charge in [0.1, 0.15) is 24.0 Å². The maximum Gasteiger partial charge on any atom is 0.251 e. The lowest BCUT2D eigenvalue weighted by atomic mass is 10.0. The quantitative estimate of drug-likeness (QED) is 0.790. The van der Waals surface area contributed by atoms with E-state index in [0.29, 0.717) is 24.5 Å². The van der Waals surface area contributed by atoms with E-state index in [9.17, 15) is 9.59 Å². The van der Waals surface area contributed by atoms with Gasteiger partial charge in [0.2, 0.25) is 5.91 Å². The first-order valence-electron chi connectivity index (χ1n) is 6.59. The molecule has 1 aliphatic heterocycles. The second-order valence-electron chi connectivity index (χ2n) is 5.20. The fraction of sp³-hybridized carbons (Fsp3) is 0.538. The Morgan fingerprint density at radius 2 is 2.10 bits per heavy atom. The first-order chi connectivity index (χ1) is 9.41. The number of nitrogens with one attached hydrogen (secondary N) is 1. The molecule has 1 aliphatic rings. The molecule has 20 heavy (non-hydrogen) atoms. The highest BCUT2D eigenvalue weighted by molar-refractivity contribution is 6.01. The highest BCUT2D eigenvalue weighted by atomic mass is 16.2. The minimum atomic E-state index is -0.454. The lowest BCUT2D eigenvalue weighted by molar-refractivity contribution is -0.146. The van der Waals surface area contributed by atoms with Gasteiger partial charge in [0.25, 0.3) is 5.91 Å². The van der Waals surface area contributed by atoms with Crippen LogP contribution in [0.15, 0.2) is 6.33 Å². The van der Waals surface area contributed by atoms with Gasteiger partial charge in [0.15, 0.2) is 0 Å². The molecule has 1 saturated heterocycles. The van der Waals surface area contributed by atoms with Crippen LogP contribution in [0.25, 0.3) is 0 Å². The Labute approximate surface area is 117 Å². The standard InChI is InChI=1S/C13H19N5O2/c1-7(2)10-11(14)15-6-16-12(10)17-8-4-5-9(19)18(3)13(8)20/h6-8H,4-5H2,1-3H3,(H3,14,15,16,17). The Morgan fingerprint density at radius 3 is 2.75 bits per heavy atom. The van der Waals surface area contributed by atoms with E-state index >= 15 is 0 Å². The number of imide groups is 1. The number of nitrogen functional groups attached to an aromatic ring is 1. The van der Waals surface area contributed by atoms with E-state index in [1.54, 1.807) is 0 Å². The van der Waals surface area contributed by atoms with Crippen LogP contribution in [0, 0.1) is 0 Å². The number of hydrogen-bond acceptors (Lipinski definition) is 6. The molecule has 0 aromatic carbocycles. The number of rotatable bonds is 3. The van der Waals surface area contributed by atoms with Crippen molar-refractivity contribution < 1.29 is 9.59 Å². The number of anilines is 2. The Morgan fingerprint density at radius 1 is 1.40 bits per heavy atom. The highest BCUT2D eigenvalue weighted by Gasteiger charge is 2.32. The number of amides is 2. The summed E-state index contributed by atoms with van der Waals surface area (Å²) in [5, 5.41) is 3.10. The van der Waals surface area contributed by atoms with Crippen LogP contribution in [0.3, 0.4) is 0 Å². The van der Waals surface area contributed by atoms with E-state index in [1.165, 1.54) is 13.4 Å². The molecule has 2 heterocycles. The third kappa shape index (κ3) is 2.56. The lowest BCUT2D eigenvalue weighted by Gasteiger charge is -2.29. The van der Waals surface area contributed by atoms with Gasteiger partial charge in [-0.3, -0.25) is 14.5 Å². The fourth-order valence-electron chi connectivity index (χ4n) is 2.31. The topological polar surface area (TPSA) is 101 Å². The molecule has 1 atom stereocenters. The molecule has 0 spiro atoms. The monoisotopic (exact) mass is 277 g/mol. The zero-order valence-corrected chi connectivity index (χ0v) is 11.9. The molecule has 0 saturated carbocycles. The summed E-state index contributed by atoms with van der Waals surface area (Å²) >= 11 is 0. The number of likely N-dealkylation sites (tertiary alicyclic amines) is 1. The van der Waals surface area contributed by atoms with Crippen molar-refractivity contribution in [1.82, 2.24) is 14.9 Å². The Kier molecular flexibility index (Phi) is 3.87. The van der Waals surface area contributed by atoms with Crippen molar-refractivity contribution in [3.05, 3.63) is 11.9 Å². The molecule has 108 valence electrons. The van der Waals surface area contributed by atoms with Crippen LogP contribution < -0.4 is 11.1 Å². The van der Waals surface area contributed by atoms with Crippen molar-refractivity contribution in [2.24, 2.45) is 0 Å². The minimum Gasteiger partial charge on any atom is -0.383 e. The fourth-order valence-corrected chi connectivity index (χ4v) is 2.31. The molecule has 1 aromatic heterocycles. The van der Waals surface area contributed by atoms with Gasteiger partial charge >= 0.3 is 0 Å². The van der Waals surface area contributed by atoms with Crippen LogP contribution in [-0.2, 0) is 9.59 Å². The third-order valence-corrected chi connectivity index (χ3v) is 3.45.